The largest absolute Gasteiger partial charge is 0.377 e. The minimum absolute atomic E-state index is 0.130. The first-order valence-corrected chi connectivity index (χ1v) is 7.12. The first kappa shape index (κ1) is 13.7. The highest BCUT2D eigenvalue weighted by Gasteiger charge is 2.08. The van der Waals surface area contributed by atoms with E-state index in [-0.39, 0.29) is 5.69 Å². The molecule has 0 amide bonds. The summed E-state index contributed by atoms with van der Waals surface area (Å²) in [5.74, 6) is -0.965. The lowest BCUT2D eigenvalue weighted by Crippen LogP contribution is -2.02. The molecular formula is C14H12F2N4S. The summed E-state index contributed by atoms with van der Waals surface area (Å²) in [5, 5.41) is 9.67. The van der Waals surface area contributed by atoms with Crippen molar-refractivity contribution >= 4 is 17.0 Å². The second kappa shape index (κ2) is 5.61. The van der Waals surface area contributed by atoms with E-state index in [1.165, 1.54) is 11.3 Å². The lowest BCUT2D eigenvalue weighted by Gasteiger charge is -2.05. The summed E-state index contributed by atoms with van der Waals surface area (Å²) >= 11 is 1.49. The Hall–Kier alpha value is -2.28. The van der Waals surface area contributed by atoms with Gasteiger partial charge in [0.1, 0.15) is 16.6 Å². The number of hydrogen-bond acceptors (Lipinski definition) is 4. The highest BCUT2D eigenvalue weighted by atomic mass is 32.1. The number of halogens is 2. The fourth-order valence-corrected chi connectivity index (χ4v) is 2.67. The SMILES string of the molecule is Cn1cc(-c2nc(CNc3cc(F)ccc3F)cs2)cn1. The van der Waals surface area contributed by atoms with Gasteiger partial charge in [0.25, 0.3) is 0 Å². The zero-order chi connectivity index (χ0) is 14.8. The van der Waals surface area contributed by atoms with Crippen LogP contribution in [0.2, 0.25) is 0 Å². The predicted octanol–water partition coefficient (Wildman–Crippen LogP) is 3.43. The van der Waals surface area contributed by atoms with Crippen LogP contribution >= 0.6 is 11.3 Å². The maximum absolute atomic E-state index is 13.5. The molecule has 0 aliphatic heterocycles. The van der Waals surface area contributed by atoms with E-state index >= 15 is 0 Å². The number of rotatable bonds is 4. The molecule has 21 heavy (non-hydrogen) atoms. The van der Waals surface area contributed by atoms with E-state index in [4.69, 9.17) is 0 Å². The van der Waals surface area contributed by atoms with Crippen molar-refractivity contribution in [3.05, 3.63) is 53.3 Å². The van der Waals surface area contributed by atoms with Gasteiger partial charge in [-0.15, -0.1) is 11.3 Å². The molecule has 108 valence electrons. The summed E-state index contributed by atoms with van der Waals surface area (Å²) in [7, 11) is 1.84. The minimum atomic E-state index is -0.487. The second-order valence-electron chi connectivity index (χ2n) is 4.52. The van der Waals surface area contributed by atoms with Gasteiger partial charge in [-0.3, -0.25) is 4.68 Å². The van der Waals surface area contributed by atoms with Gasteiger partial charge in [-0.25, -0.2) is 13.8 Å². The monoisotopic (exact) mass is 306 g/mol. The van der Waals surface area contributed by atoms with Crippen molar-refractivity contribution in [1.82, 2.24) is 14.8 Å². The Balaban J connectivity index is 1.71. The van der Waals surface area contributed by atoms with Gasteiger partial charge in [0.15, 0.2) is 0 Å². The molecule has 0 bridgehead atoms. The Morgan fingerprint density at radius 3 is 2.95 bits per heavy atom. The normalized spacial score (nSPS) is 10.8. The Labute approximate surface area is 124 Å². The molecule has 0 aliphatic carbocycles. The second-order valence-corrected chi connectivity index (χ2v) is 5.38. The molecule has 0 spiro atoms. The quantitative estimate of drug-likeness (QED) is 0.803. The third kappa shape index (κ3) is 3.08. The third-order valence-electron chi connectivity index (χ3n) is 2.89. The van der Waals surface area contributed by atoms with Crippen LogP contribution in [0.15, 0.2) is 36.0 Å². The van der Waals surface area contributed by atoms with E-state index in [9.17, 15) is 8.78 Å². The third-order valence-corrected chi connectivity index (χ3v) is 3.83. The fourth-order valence-electron chi connectivity index (χ4n) is 1.87. The van der Waals surface area contributed by atoms with Crippen molar-refractivity contribution in [3.8, 4) is 10.6 Å². The molecule has 0 saturated carbocycles. The molecule has 2 heterocycles. The van der Waals surface area contributed by atoms with Gasteiger partial charge in [-0.2, -0.15) is 5.10 Å². The Morgan fingerprint density at radius 1 is 1.33 bits per heavy atom. The smallest absolute Gasteiger partial charge is 0.146 e. The van der Waals surface area contributed by atoms with Gasteiger partial charge in [-0.1, -0.05) is 0 Å². The maximum Gasteiger partial charge on any atom is 0.146 e. The number of aryl methyl sites for hydroxylation is 1. The number of anilines is 1. The van der Waals surface area contributed by atoms with Gasteiger partial charge in [-0.05, 0) is 18.2 Å². The molecule has 1 N–H and O–H groups in total. The van der Waals surface area contributed by atoms with Crippen LogP contribution in [0.4, 0.5) is 14.5 Å². The molecule has 0 saturated heterocycles. The first-order valence-electron chi connectivity index (χ1n) is 6.24. The molecule has 0 aliphatic rings. The van der Waals surface area contributed by atoms with Crippen LogP contribution in [0.25, 0.3) is 10.6 Å². The molecule has 4 nitrogen and oxygen atoms in total. The van der Waals surface area contributed by atoms with Gasteiger partial charge < -0.3 is 5.32 Å². The number of nitrogens with zero attached hydrogens (tertiary/aromatic N) is 3. The average molecular weight is 306 g/mol. The molecule has 0 atom stereocenters. The van der Waals surface area contributed by atoms with Gasteiger partial charge in [0, 0.05) is 24.2 Å². The summed E-state index contributed by atoms with van der Waals surface area (Å²) in [6.45, 7) is 0.330. The summed E-state index contributed by atoms with van der Waals surface area (Å²) in [6, 6.07) is 3.31. The van der Waals surface area contributed by atoms with E-state index in [2.05, 4.69) is 15.4 Å². The van der Waals surface area contributed by atoms with E-state index in [0.29, 0.717) is 6.54 Å². The van der Waals surface area contributed by atoms with Crippen LogP contribution < -0.4 is 5.32 Å². The van der Waals surface area contributed by atoms with E-state index in [1.807, 2.05) is 18.6 Å². The van der Waals surface area contributed by atoms with Crippen LogP contribution in [-0.2, 0) is 13.6 Å². The van der Waals surface area contributed by atoms with Crippen molar-refractivity contribution in [2.45, 2.75) is 6.54 Å². The van der Waals surface area contributed by atoms with Crippen LogP contribution in [0.1, 0.15) is 5.69 Å². The van der Waals surface area contributed by atoms with Gasteiger partial charge >= 0.3 is 0 Å². The summed E-state index contributed by atoms with van der Waals surface area (Å²) in [6.07, 6.45) is 3.62. The van der Waals surface area contributed by atoms with Crippen molar-refractivity contribution in [3.63, 3.8) is 0 Å². The molecule has 0 radical (unpaired) electrons. The van der Waals surface area contributed by atoms with Crippen molar-refractivity contribution in [2.75, 3.05) is 5.32 Å². The van der Waals surface area contributed by atoms with Crippen molar-refractivity contribution < 1.29 is 8.78 Å². The molecule has 7 heteroatoms. The minimum Gasteiger partial charge on any atom is -0.377 e. The molecule has 3 rings (SSSR count). The topological polar surface area (TPSA) is 42.7 Å². The fraction of sp³-hybridized carbons (Fsp3) is 0.143. The van der Waals surface area contributed by atoms with E-state index in [1.54, 1.807) is 10.9 Å². The first-order chi connectivity index (χ1) is 10.1. The van der Waals surface area contributed by atoms with Crippen LogP contribution in [0.5, 0.6) is 0 Å². The molecule has 0 unspecified atom stereocenters. The standard InChI is InChI=1S/C14H12F2N4S/c1-20-7-9(5-18-20)14-19-11(8-21-14)6-17-13-4-10(15)2-3-12(13)16/h2-5,7-8,17H,6H2,1H3. The average Bonchev–Trinajstić information content (AvgIpc) is 3.08. The number of benzene rings is 1. The van der Waals surface area contributed by atoms with E-state index < -0.39 is 11.6 Å². The summed E-state index contributed by atoms with van der Waals surface area (Å²) in [4.78, 5) is 4.45. The highest BCUT2D eigenvalue weighted by molar-refractivity contribution is 7.13. The maximum atomic E-state index is 13.5. The number of nitrogens with one attached hydrogen (secondary N) is 1. The zero-order valence-electron chi connectivity index (χ0n) is 11.2. The van der Waals surface area contributed by atoms with Crippen LogP contribution in [0, 0.1) is 11.6 Å². The highest BCUT2D eigenvalue weighted by Crippen LogP contribution is 2.23. The molecule has 2 aromatic heterocycles. The van der Waals surface area contributed by atoms with Gasteiger partial charge in [0.05, 0.1) is 24.1 Å². The molecule has 0 fully saturated rings. The lowest BCUT2D eigenvalue weighted by molar-refractivity contribution is 0.602. The predicted molar refractivity (Wildman–Crippen MR) is 78.0 cm³/mol. The summed E-state index contributed by atoms with van der Waals surface area (Å²) in [5.41, 5.74) is 1.83. The zero-order valence-corrected chi connectivity index (χ0v) is 12.0. The Kier molecular flexibility index (Phi) is 3.66. The van der Waals surface area contributed by atoms with Gasteiger partial charge in [0.2, 0.25) is 0 Å². The molecule has 3 aromatic rings. The molecule has 1 aromatic carbocycles. The Morgan fingerprint density at radius 2 is 2.19 bits per heavy atom. The summed E-state index contributed by atoms with van der Waals surface area (Å²) < 4.78 is 28.3. The van der Waals surface area contributed by atoms with Crippen LogP contribution in [-0.4, -0.2) is 14.8 Å². The van der Waals surface area contributed by atoms with Crippen molar-refractivity contribution in [1.29, 1.82) is 0 Å². The lowest BCUT2D eigenvalue weighted by atomic mass is 10.3. The number of thiazole rings is 1. The number of aromatic nitrogens is 3. The Bertz CT molecular complexity index is 766. The van der Waals surface area contributed by atoms with Crippen molar-refractivity contribution in [2.24, 2.45) is 7.05 Å². The van der Waals surface area contributed by atoms with E-state index in [0.717, 1.165) is 34.5 Å². The number of hydrogen-bond donors (Lipinski definition) is 1. The molecular weight excluding hydrogens is 294 g/mol. The van der Waals surface area contributed by atoms with Crippen LogP contribution in [0.3, 0.4) is 0 Å².